The number of likely N-dealkylation sites (tertiary alicyclic amines) is 3. The monoisotopic (exact) mass is 1570 g/mol. The van der Waals surface area contributed by atoms with Crippen molar-refractivity contribution in [2.45, 2.75) is 323 Å². The maximum atomic E-state index is 5.47. The molecule has 5 aliphatic heterocycles. The molecule has 5 saturated heterocycles. The van der Waals surface area contributed by atoms with Crippen LogP contribution in [-0.2, 0) is 26.4 Å². The largest absolute Gasteiger partial charge is 0.491 e. The average molecular weight is 1570 g/mol. The standard InChI is InChI=1S/C15H25N.2C15H23N.C15H20O2.C14H23N.C13H23N.C9H14N2.C8H12N2/c1-15(2,3)10-7-13-8-11-16(12-9-13)14-5-4-6-14;2*1-15(2,3)13-7-9-14(10-8-13)16-11-5-4-6-12-16;1-15(2,3)10-9-13-5-7-14(8-6-13)17-12-11-16-4;1-14(2,3)9-6-12-7-10-15(11-8-12)13-4-5-13;1-5-14-10-7-12(8-11-14)6-9-13(2,3)4;1-7-10-5-8(6-11-7)9(2,3)4;1-8(2,3)7-9-5-4-6-10-7/h13-14H,4-6,8-9,11-12H2,1-3H3;2*7-10H,4-6,11-12H2,1-3H3;5-8H,11-12H2,1-4H3;12-13H,4-5,7-8,10-11H2,1-3H3;12H,5,7-8,10-11H2,1-4H3;5-6H,1-4H3;4-6H,1-3H3. The van der Waals surface area contributed by atoms with E-state index in [0.717, 1.165) is 35.0 Å². The number of methoxy groups -OCH3 is 1. The minimum Gasteiger partial charge on any atom is -0.491 e. The molecule has 115 heavy (non-hydrogen) atoms. The fourth-order valence-electron chi connectivity index (χ4n) is 13.6. The van der Waals surface area contributed by atoms with E-state index in [4.69, 9.17) is 9.47 Å². The van der Waals surface area contributed by atoms with Crippen molar-refractivity contribution in [3.05, 3.63) is 138 Å². The summed E-state index contributed by atoms with van der Waals surface area (Å²) in [6.07, 6.45) is 30.4. The normalized spacial score (nSPS) is 17.7. The van der Waals surface area contributed by atoms with Crippen LogP contribution in [-0.4, -0.2) is 139 Å². The van der Waals surface area contributed by atoms with Gasteiger partial charge in [-0.25, -0.2) is 19.9 Å². The molecule has 0 amide bonds. The Morgan fingerprint density at radius 1 is 0.374 bits per heavy atom. The summed E-state index contributed by atoms with van der Waals surface area (Å²) in [7, 11) is 1.66. The third-order valence-corrected chi connectivity index (χ3v) is 21.5. The lowest BCUT2D eigenvalue weighted by atomic mass is 9.87. The van der Waals surface area contributed by atoms with Crippen LogP contribution in [0.3, 0.4) is 0 Å². The highest BCUT2D eigenvalue weighted by atomic mass is 16.5. The highest BCUT2D eigenvalue weighted by Crippen LogP contribution is 2.34. The summed E-state index contributed by atoms with van der Waals surface area (Å²) in [6.45, 7) is 71.4. The van der Waals surface area contributed by atoms with E-state index in [-0.39, 0.29) is 43.3 Å². The summed E-state index contributed by atoms with van der Waals surface area (Å²) in [5, 5.41) is 0. The number of anilines is 2. The first-order chi connectivity index (χ1) is 53.9. The maximum absolute atomic E-state index is 5.47. The van der Waals surface area contributed by atoms with Gasteiger partial charge >= 0.3 is 0 Å². The molecule has 0 radical (unpaired) electrons. The van der Waals surface area contributed by atoms with E-state index in [0.29, 0.717) is 31.0 Å². The summed E-state index contributed by atoms with van der Waals surface area (Å²) >= 11 is 0. The molecule has 7 aliphatic rings. The summed E-state index contributed by atoms with van der Waals surface area (Å²) in [5.41, 5.74) is 9.15. The van der Waals surface area contributed by atoms with E-state index in [1.54, 1.807) is 19.5 Å². The van der Waals surface area contributed by atoms with Gasteiger partial charge in [-0.2, -0.15) is 0 Å². The summed E-state index contributed by atoms with van der Waals surface area (Å²) in [5.74, 6) is 31.4. The van der Waals surface area contributed by atoms with Crippen molar-refractivity contribution in [3.63, 3.8) is 0 Å². The highest BCUT2D eigenvalue weighted by Gasteiger charge is 2.32. The number of ether oxygens (including phenoxy) is 2. The molecule has 0 unspecified atom stereocenters. The first-order valence-corrected chi connectivity index (χ1v) is 44.7. The third-order valence-electron chi connectivity index (χ3n) is 21.5. The lowest BCUT2D eigenvalue weighted by molar-refractivity contribution is 0.0945. The molecule has 11 nitrogen and oxygen atoms in total. The Hall–Kier alpha value is -6.70. The smallest absolute Gasteiger partial charge is 0.133 e. The summed E-state index contributed by atoms with van der Waals surface area (Å²) < 4.78 is 10.4. The van der Waals surface area contributed by atoms with Gasteiger partial charge in [-0.1, -0.05) is 168 Å². The van der Waals surface area contributed by atoms with Gasteiger partial charge in [0.25, 0.3) is 0 Å². The van der Waals surface area contributed by atoms with Crippen molar-refractivity contribution in [2.75, 3.05) is 102 Å². The van der Waals surface area contributed by atoms with Crippen LogP contribution in [0, 0.1) is 93.7 Å². The van der Waals surface area contributed by atoms with E-state index >= 15 is 0 Å². The Morgan fingerprint density at radius 2 is 0.739 bits per heavy atom. The van der Waals surface area contributed by atoms with Gasteiger partial charge in [-0.05, 0) is 326 Å². The van der Waals surface area contributed by atoms with Gasteiger partial charge < -0.3 is 34.0 Å². The first-order valence-electron chi connectivity index (χ1n) is 44.7. The van der Waals surface area contributed by atoms with E-state index in [1.165, 1.54) is 209 Å². The van der Waals surface area contributed by atoms with Crippen LogP contribution >= 0.6 is 0 Å². The van der Waals surface area contributed by atoms with Gasteiger partial charge in [0, 0.05) is 132 Å². The zero-order chi connectivity index (χ0) is 85.1. The van der Waals surface area contributed by atoms with Gasteiger partial charge in [-0.3, -0.25) is 0 Å². The van der Waals surface area contributed by atoms with Crippen molar-refractivity contribution >= 4 is 11.4 Å². The molecule has 0 bridgehead atoms. The second-order valence-corrected chi connectivity index (χ2v) is 41.3. The van der Waals surface area contributed by atoms with Crippen LogP contribution < -0.4 is 14.5 Å². The van der Waals surface area contributed by atoms with Gasteiger partial charge in [0.2, 0.25) is 0 Å². The zero-order valence-electron chi connectivity index (χ0n) is 78.3. The lowest BCUT2D eigenvalue weighted by Gasteiger charge is -2.41. The molecule has 2 aromatic heterocycles. The molecule has 0 N–H and O–H groups in total. The molecule has 0 atom stereocenters. The van der Waals surface area contributed by atoms with Crippen LogP contribution in [0.5, 0.6) is 5.75 Å². The number of nitrogens with zero attached hydrogens (tertiary/aromatic N) is 9. The van der Waals surface area contributed by atoms with Crippen LogP contribution in [0.4, 0.5) is 11.4 Å². The Bertz CT molecular complexity index is 3660. The summed E-state index contributed by atoms with van der Waals surface area (Å²) in [4.78, 5) is 29.4. The molecular weight excluding hydrogens is 1410 g/mol. The Morgan fingerprint density at radius 3 is 1.04 bits per heavy atom. The van der Waals surface area contributed by atoms with Crippen molar-refractivity contribution in [3.8, 4) is 53.1 Å². The zero-order valence-corrected chi connectivity index (χ0v) is 78.3. The minimum atomic E-state index is 0.0354. The second-order valence-electron chi connectivity index (χ2n) is 41.3. The molecule has 0 spiro atoms. The van der Waals surface area contributed by atoms with Crippen molar-refractivity contribution in [1.82, 2.24) is 34.6 Å². The SMILES string of the molecule is CC(C)(C)C#CC1CCN(C2CC2)CC1.CC(C)(C)C#CC1CCN(C2CCC2)CC1.CC(C)(C)c1ccc(N2CCCCC2)cc1.CC(C)(C)c1ccc(N2CCCCC2)cc1.CC(C)(C)c1ncccn1.CCN1CCC(C#CC(C)(C)C)CC1.COCCOc1ccc(C#CC(C)(C)C)cc1.Cc1ncc(C(C)(C)C)cn1. The average Bonchev–Trinajstić information content (AvgIpc) is 1.19. The quantitative estimate of drug-likeness (QED) is 0.104. The number of benzene rings is 3. The molecule has 5 aromatic rings. The van der Waals surface area contributed by atoms with E-state index < -0.39 is 0 Å². The number of hydrogen-bond donors (Lipinski definition) is 0. The predicted octanol–water partition coefficient (Wildman–Crippen LogP) is 23.9. The number of aryl methyl sites for hydroxylation is 1. The topological polar surface area (TPSA) is 86.2 Å². The van der Waals surface area contributed by atoms with Gasteiger partial charge in [-0.15, -0.1) is 0 Å². The Labute approximate surface area is 706 Å². The van der Waals surface area contributed by atoms with Crippen LogP contribution in [0.25, 0.3) is 0 Å². The second kappa shape index (κ2) is 47.8. The highest BCUT2D eigenvalue weighted by molar-refractivity contribution is 5.50. The van der Waals surface area contributed by atoms with E-state index in [1.807, 2.05) is 49.6 Å². The Kier molecular flexibility index (Phi) is 41.1. The van der Waals surface area contributed by atoms with Gasteiger partial charge in [0.1, 0.15) is 24.0 Å². The fourth-order valence-corrected chi connectivity index (χ4v) is 13.6. The first kappa shape index (κ1) is 98.9. The predicted molar refractivity (Wildman–Crippen MR) is 495 cm³/mol. The van der Waals surface area contributed by atoms with Crippen LogP contribution in [0.15, 0.2) is 104 Å². The van der Waals surface area contributed by atoms with Gasteiger partial charge in [0.15, 0.2) is 0 Å². The minimum absolute atomic E-state index is 0.0354. The van der Waals surface area contributed by atoms with Crippen molar-refractivity contribution < 1.29 is 9.47 Å². The van der Waals surface area contributed by atoms with Crippen molar-refractivity contribution in [1.29, 1.82) is 0 Å². The maximum Gasteiger partial charge on any atom is 0.133 e. The number of piperidine rings is 5. The molecular formula is C104H163N9O2. The fraction of sp³-hybridized carbons (Fsp3) is 0.673. The van der Waals surface area contributed by atoms with Crippen molar-refractivity contribution in [2.24, 2.45) is 39.4 Å². The lowest BCUT2D eigenvalue weighted by Crippen LogP contribution is -2.44. The molecule has 3 aromatic carbocycles. The number of rotatable bonds is 9. The van der Waals surface area contributed by atoms with Gasteiger partial charge in [0.05, 0.1) is 6.61 Å². The molecule has 636 valence electrons. The van der Waals surface area contributed by atoms with E-state index in [2.05, 4.69) is 313 Å². The Balaban J connectivity index is 0.000000236. The summed E-state index contributed by atoms with van der Waals surface area (Å²) in [6, 6.07) is 29.8. The molecule has 12 rings (SSSR count). The third kappa shape index (κ3) is 42.5. The number of aromatic nitrogens is 4. The molecule has 7 heterocycles. The van der Waals surface area contributed by atoms with Crippen LogP contribution in [0.2, 0.25) is 0 Å². The molecule has 11 heteroatoms. The van der Waals surface area contributed by atoms with E-state index in [9.17, 15) is 0 Å². The molecule has 2 aliphatic carbocycles. The molecule has 2 saturated carbocycles. The van der Waals surface area contributed by atoms with Crippen LogP contribution in [0.1, 0.15) is 316 Å². The molecule has 7 fully saturated rings. The number of hydrogen-bond acceptors (Lipinski definition) is 11.